The number of nitrogens with one attached hydrogen (secondary N) is 1. The third-order valence-electron chi connectivity index (χ3n) is 4.20. The lowest BCUT2D eigenvalue weighted by molar-refractivity contribution is 0.102. The highest BCUT2D eigenvalue weighted by Crippen LogP contribution is 2.23. The number of hydrogen-bond acceptors (Lipinski definition) is 3. The Morgan fingerprint density at radius 3 is 2.56 bits per heavy atom. The maximum absolute atomic E-state index is 12.5. The van der Waals surface area contributed by atoms with Crippen molar-refractivity contribution in [2.24, 2.45) is 7.05 Å². The fraction of sp³-hybridized carbons (Fsp3) is 0.278. The Bertz CT molecular complexity index is 941. The summed E-state index contributed by atoms with van der Waals surface area (Å²) in [4.78, 5) is 12.5. The number of hydrogen-bond donors (Lipinski definition) is 1. The number of aryl methyl sites for hydroxylation is 3. The van der Waals surface area contributed by atoms with E-state index >= 15 is 0 Å². The standard InChI is InChI=1S/C18H20ClN5O/c1-11-7-5-6-8-14(11)9-24-13(3)16(12(2)21-24)20-18(25)17-15(19)10-23(4)22-17/h5-8,10H,9H2,1-4H3,(H,20,25). The summed E-state index contributed by atoms with van der Waals surface area (Å²) in [5.74, 6) is -0.341. The molecule has 0 saturated heterocycles. The number of rotatable bonds is 4. The van der Waals surface area contributed by atoms with Crippen LogP contribution in [0, 0.1) is 20.8 Å². The summed E-state index contributed by atoms with van der Waals surface area (Å²) >= 11 is 6.05. The average Bonchev–Trinajstić information content (AvgIpc) is 3.03. The molecule has 0 bridgehead atoms. The van der Waals surface area contributed by atoms with Crippen LogP contribution < -0.4 is 5.32 Å². The number of carbonyl (C=O) groups excluding carboxylic acids is 1. The Hall–Kier alpha value is -2.60. The van der Waals surface area contributed by atoms with E-state index in [0.717, 1.165) is 11.4 Å². The molecule has 0 saturated carbocycles. The first-order valence-electron chi connectivity index (χ1n) is 7.96. The van der Waals surface area contributed by atoms with Gasteiger partial charge in [-0.3, -0.25) is 14.2 Å². The van der Waals surface area contributed by atoms with Crippen molar-refractivity contribution < 1.29 is 4.79 Å². The van der Waals surface area contributed by atoms with Crippen molar-refractivity contribution in [3.05, 3.63) is 63.7 Å². The van der Waals surface area contributed by atoms with Crippen LogP contribution in [-0.4, -0.2) is 25.5 Å². The lowest BCUT2D eigenvalue weighted by Gasteiger charge is -2.08. The second-order valence-electron chi connectivity index (χ2n) is 6.08. The summed E-state index contributed by atoms with van der Waals surface area (Å²) < 4.78 is 3.41. The molecule has 2 aromatic heterocycles. The molecular weight excluding hydrogens is 338 g/mol. The van der Waals surface area contributed by atoms with Crippen molar-refractivity contribution in [1.82, 2.24) is 19.6 Å². The lowest BCUT2D eigenvalue weighted by atomic mass is 10.1. The van der Waals surface area contributed by atoms with E-state index < -0.39 is 0 Å². The molecule has 0 atom stereocenters. The van der Waals surface area contributed by atoms with Gasteiger partial charge in [0.15, 0.2) is 5.69 Å². The third-order valence-corrected chi connectivity index (χ3v) is 4.48. The van der Waals surface area contributed by atoms with Gasteiger partial charge in [0, 0.05) is 13.2 Å². The zero-order chi connectivity index (χ0) is 18.1. The zero-order valence-electron chi connectivity index (χ0n) is 14.7. The minimum absolute atomic E-state index is 0.203. The van der Waals surface area contributed by atoms with Crippen molar-refractivity contribution in [2.45, 2.75) is 27.3 Å². The number of amides is 1. The van der Waals surface area contributed by atoms with Gasteiger partial charge in [0.2, 0.25) is 0 Å². The normalized spacial score (nSPS) is 10.9. The molecule has 1 aromatic carbocycles. The molecule has 0 aliphatic rings. The van der Waals surface area contributed by atoms with Gasteiger partial charge in [0.25, 0.3) is 5.91 Å². The van der Waals surface area contributed by atoms with Crippen molar-refractivity contribution in [2.75, 3.05) is 5.32 Å². The van der Waals surface area contributed by atoms with Gasteiger partial charge in [-0.25, -0.2) is 0 Å². The summed E-state index contributed by atoms with van der Waals surface area (Å²) in [6.45, 7) is 6.54. The van der Waals surface area contributed by atoms with E-state index in [1.54, 1.807) is 13.2 Å². The molecule has 0 unspecified atom stereocenters. The van der Waals surface area contributed by atoms with Crippen LogP contribution in [0.3, 0.4) is 0 Å². The highest BCUT2D eigenvalue weighted by molar-refractivity contribution is 6.34. The average molecular weight is 358 g/mol. The Morgan fingerprint density at radius 2 is 1.92 bits per heavy atom. The highest BCUT2D eigenvalue weighted by Gasteiger charge is 2.19. The number of carbonyl (C=O) groups is 1. The molecule has 0 spiro atoms. The highest BCUT2D eigenvalue weighted by atomic mass is 35.5. The molecule has 2 heterocycles. The molecule has 0 aliphatic heterocycles. The van der Waals surface area contributed by atoms with Gasteiger partial charge in [0.05, 0.1) is 28.6 Å². The van der Waals surface area contributed by atoms with Crippen molar-refractivity contribution in [3.8, 4) is 0 Å². The Labute approximate surface area is 151 Å². The van der Waals surface area contributed by atoms with Gasteiger partial charge in [-0.1, -0.05) is 35.9 Å². The van der Waals surface area contributed by atoms with Crippen LogP contribution in [0.4, 0.5) is 5.69 Å². The topological polar surface area (TPSA) is 64.7 Å². The molecule has 1 amide bonds. The van der Waals surface area contributed by atoms with Crippen molar-refractivity contribution in [3.63, 3.8) is 0 Å². The van der Waals surface area contributed by atoms with Crippen LogP contribution in [0.1, 0.15) is 33.0 Å². The summed E-state index contributed by atoms with van der Waals surface area (Å²) in [6, 6.07) is 8.19. The van der Waals surface area contributed by atoms with Gasteiger partial charge in [-0.05, 0) is 31.9 Å². The largest absolute Gasteiger partial charge is 0.317 e. The van der Waals surface area contributed by atoms with Crippen molar-refractivity contribution >= 4 is 23.2 Å². The van der Waals surface area contributed by atoms with Crippen LogP contribution in [0.15, 0.2) is 30.5 Å². The van der Waals surface area contributed by atoms with Gasteiger partial charge in [0.1, 0.15) is 0 Å². The second kappa shape index (κ2) is 6.72. The third kappa shape index (κ3) is 3.44. The first kappa shape index (κ1) is 17.2. The maximum Gasteiger partial charge on any atom is 0.277 e. The van der Waals surface area contributed by atoms with E-state index in [9.17, 15) is 4.79 Å². The quantitative estimate of drug-likeness (QED) is 0.777. The molecule has 7 heteroatoms. The predicted molar refractivity (Wildman–Crippen MR) is 98.2 cm³/mol. The van der Waals surface area contributed by atoms with Crippen LogP contribution in [0.5, 0.6) is 0 Å². The number of anilines is 1. The molecule has 130 valence electrons. The van der Waals surface area contributed by atoms with Crippen molar-refractivity contribution in [1.29, 1.82) is 0 Å². The smallest absolute Gasteiger partial charge is 0.277 e. The van der Waals surface area contributed by atoms with Crippen LogP contribution >= 0.6 is 11.6 Å². The first-order chi connectivity index (χ1) is 11.9. The zero-order valence-corrected chi connectivity index (χ0v) is 15.4. The lowest BCUT2D eigenvalue weighted by Crippen LogP contribution is -2.15. The summed E-state index contributed by atoms with van der Waals surface area (Å²) in [5.41, 5.74) is 4.95. The van der Waals surface area contributed by atoms with Crippen LogP contribution in [-0.2, 0) is 13.6 Å². The Balaban J connectivity index is 1.86. The molecule has 0 fully saturated rings. The predicted octanol–water partition coefficient (Wildman–Crippen LogP) is 3.50. The molecule has 0 radical (unpaired) electrons. The SMILES string of the molecule is Cc1ccccc1Cn1nc(C)c(NC(=O)c2nn(C)cc2Cl)c1C. The molecule has 3 rings (SSSR count). The van der Waals surface area contributed by atoms with E-state index in [0.29, 0.717) is 17.3 Å². The monoisotopic (exact) mass is 357 g/mol. The minimum atomic E-state index is -0.341. The maximum atomic E-state index is 12.5. The minimum Gasteiger partial charge on any atom is -0.317 e. The summed E-state index contributed by atoms with van der Waals surface area (Å²) in [5, 5.41) is 11.9. The second-order valence-corrected chi connectivity index (χ2v) is 6.49. The molecule has 0 aliphatic carbocycles. The van der Waals surface area contributed by atoms with E-state index in [4.69, 9.17) is 11.6 Å². The fourth-order valence-corrected chi connectivity index (χ4v) is 3.03. The number of nitrogens with zero attached hydrogens (tertiary/aromatic N) is 4. The van der Waals surface area contributed by atoms with E-state index in [1.165, 1.54) is 15.8 Å². The molecule has 6 nitrogen and oxygen atoms in total. The molecular formula is C18H20ClN5O. The van der Waals surface area contributed by atoms with Gasteiger partial charge in [-0.2, -0.15) is 10.2 Å². The first-order valence-corrected chi connectivity index (χ1v) is 8.33. The number of halogens is 1. The Morgan fingerprint density at radius 1 is 1.20 bits per heavy atom. The van der Waals surface area contributed by atoms with E-state index in [-0.39, 0.29) is 11.6 Å². The van der Waals surface area contributed by atoms with Gasteiger partial charge >= 0.3 is 0 Å². The molecule has 25 heavy (non-hydrogen) atoms. The number of benzene rings is 1. The van der Waals surface area contributed by atoms with Crippen LogP contribution in [0.25, 0.3) is 0 Å². The summed E-state index contributed by atoms with van der Waals surface area (Å²) in [7, 11) is 1.72. The Kier molecular flexibility index (Phi) is 4.63. The van der Waals surface area contributed by atoms with Gasteiger partial charge < -0.3 is 5.32 Å². The number of aromatic nitrogens is 4. The fourth-order valence-electron chi connectivity index (χ4n) is 2.77. The van der Waals surface area contributed by atoms with E-state index in [1.807, 2.05) is 30.7 Å². The van der Waals surface area contributed by atoms with Gasteiger partial charge in [-0.15, -0.1) is 0 Å². The van der Waals surface area contributed by atoms with E-state index in [2.05, 4.69) is 34.6 Å². The molecule has 3 aromatic rings. The van der Waals surface area contributed by atoms with Crippen LogP contribution in [0.2, 0.25) is 5.02 Å². The molecule has 1 N–H and O–H groups in total. The summed E-state index contributed by atoms with van der Waals surface area (Å²) in [6.07, 6.45) is 1.60.